The summed E-state index contributed by atoms with van der Waals surface area (Å²) >= 11 is 0. The van der Waals surface area contributed by atoms with Crippen LogP contribution in [0.1, 0.15) is 35.7 Å². The number of nitrogens with two attached hydrogens (primary N) is 1. The molecule has 1 amide bonds. The largest absolute Gasteiger partial charge is 0.444 e. The molecule has 156 valence electrons. The van der Waals surface area contributed by atoms with Crippen LogP contribution in [0.5, 0.6) is 0 Å². The van der Waals surface area contributed by atoms with E-state index in [0.29, 0.717) is 31.5 Å². The van der Waals surface area contributed by atoms with Crippen molar-refractivity contribution in [3.8, 4) is 0 Å². The maximum atomic E-state index is 11.6. The predicted molar refractivity (Wildman–Crippen MR) is 111 cm³/mol. The van der Waals surface area contributed by atoms with Crippen LogP contribution in [-0.2, 0) is 17.9 Å². The molecule has 1 saturated heterocycles. The molecule has 9 nitrogen and oxygen atoms in total. The van der Waals surface area contributed by atoms with Crippen molar-refractivity contribution >= 4 is 17.7 Å². The number of aryl methyl sites for hydroxylation is 2. The number of piperidine rings is 1. The van der Waals surface area contributed by atoms with E-state index < -0.39 is 0 Å². The fourth-order valence-electron chi connectivity index (χ4n) is 3.43. The number of amides is 1. The molecule has 0 aliphatic carbocycles. The average Bonchev–Trinajstić information content (AvgIpc) is 3.06. The third kappa shape index (κ3) is 5.24. The first-order valence-corrected chi connectivity index (χ1v) is 9.83. The van der Waals surface area contributed by atoms with Crippen molar-refractivity contribution in [2.24, 2.45) is 16.6 Å². The minimum atomic E-state index is -0.244. The topological polar surface area (TPSA) is 122 Å². The first-order valence-electron chi connectivity index (χ1n) is 9.83. The summed E-state index contributed by atoms with van der Waals surface area (Å²) in [7, 11) is 1.72. The van der Waals surface area contributed by atoms with Crippen molar-refractivity contribution in [1.29, 1.82) is 0 Å². The van der Waals surface area contributed by atoms with Crippen LogP contribution in [0, 0.1) is 19.8 Å². The quantitative estimate of drug-likeness (QED) is 0.494. The van der Waals surface area contributed by atoms with Crippen LogP contribution in [0.3, 0.4) is 0 Å². The van der Waals surface area contributed by atoms with E-state index in [1.165, 1.54) is 0 Å². The van der Waals surface area contributed by atoms with E-state index >= 15 is 0 Å². The Kier molecular flexibility index (Phi) is 6.69. The molecule has 29 heavy (non-hydrogen) atoms. The number of pyridine rings is 1. The van der Waals surface area contributed by atoms with Gasteiger partial charge in [0, 0.05) is 38.4 Å². The molecule has 0 radical (unpaired) electrons. The summed E-state index contributed by atoms with van der Waals surface area (Å²) < 4.78 is 5.59. The third-order valence-corrected chi connectivity index (χ3v) is 5.14. The van der Waals surface area contributed by atoms with Gasteiger partial charge in [-0.05, 0) is 32.8 Å². The Morgan fingerprint density at radius 3 is 2.86 bits per heavy atom. The van der Waals surface area contributed by atoms with Gasteiger partial charge in [-0.3, -0.25) is 9.79 Å². The summed E-state index contributed by atoms with van der Waals surface area (Å²) in [4.78, 5) is 26.9. The highest BCUT2D eigenvalue weighted by molar-refractivity contribution is 5.80. The number of rotatable bonds is 6. The molecular weight excluding hydrogens is 370 g/mol. The van der Waals surface area contributed by atoms with Gasteiger partial charge in [-0.1, -0.05) is 6.07 Å². The van der Waals surface area contributed by atoms with E-state index in [1.807, 2.05) is 26.0 Å². The molecule has 2 aromatic heterocycles. The lowest BCUT2D eigenvalue weighted by Gasteiger charge is -2.33. The summed E-state index contributed by atoms with van der Waals surface area (Å²) in [6, 6.07) is 3.93. The van der Waals surface area contributed by atoms with Gasteiger partial charge in [-0.25, -0.2) is 9.97 Å². The monoisotopic (exact) mass is 399 g/mol. The number of primary amides is 1. The molecule has 3 heterocycles. The van der Waals surface area contributed by atoms with Crippen LogP contribution in [0.4, 0.5) is 5.82 Å². The number of aliphatic imine (C=N–C) groups is 1. The van der Waals surface area contributed by atoms with E-state index in [4.69, 9.17) is 10.2 Å². The molecule has 3 rings (SSSR count). The molecule has 1 aliphatic heterocycles. The Hall–Kier alpha value is -3.10. The van der Waals surface area contributed by atoms with E-state index in [2.05, 4.69) is 30.5 Å². The smallest absolute Gasteiger partial charge is 0.222 e. The van der Waals surface area contributed by atoms with Gasteiger partial charge in [-0.15, -0.1) is 0 Å². The lowest BCUT2D eigenvalue weighted by molar-refractivity contribution is -0.122. The Morgan fingerprint density at radius 1 is 1.38 bits per heavy atom. The van der Waals surface area contributed by atoms with E-state index in [1.54, 1.807) is 13.2 Å². The molecular formula is C20H29N7O2. The van der Waals surface area contributed by atoms with Crippen molar-refractivity contribution in [2.45, 2.75) is 39.8 Å². The molecule has 1 unspecified atom stereocenters. The number of hydrogen-bond donors (Lipinski definition) is 3. The normalized spacial score (nSPS) is 17.3. The van der Waals surface area contributed by atoms with E-state index in [0.717, 1.165) is 42.2 Å². The lowest BCUT2D eigenvalue weighted by Crippen LogP contribution is -2.42. The number of guanidine groups is 1. The number of nitrogens with one attached hydrogen (secondary N) is 2. The molecule has 0 saturated carbocycles. The van der Waals surface area contributed by atoms with Crippen LogP contribution >= 0.6 is 0 Å². The van der Waals surface area contributed by atoms with E-state index in [-0.39, 0.29) is 11.8 Å². The van der Waals surface area contributed by atoms with Crippen molar-refractivity contribution in [3.63, 3.8) is 0 Å². The highest BCUT2D eigenvalue weighted by atomic mass is 16.4. The molecule has 0 aromatic carbocycles. The Bertz CT molecular complexity index is 858. The van der Waals surface area contributed by atoms with Gasteiger partial charge >= 0.3 is 0 Å². The van der Waals surface area contributed by atoms with Crippen LogP contribution in [-0.4, -0.2) is 42.0 Å². The molecule has 1 fully saturated rings. The molecule has 1 aliphatic rings. The highest BCUT2D eigenvalue weighted by Gasteiger charge is 2.26. The number of carbonyl (C=O) groups is 1. The van der Waals surface area contributed by atoms with Crippen LogP contribution in [0.25, 0.3) is 0 Å². The second-order valence-corrected chi connectivity index (χ2v) is 7.20. The van der Waals surface area contributed by atoms with Gasteiger partial charge in [0.05, 0.1) is 18.2 Å². The Morgan fingerprint density at radius 2 is 2.17 bits per heavy atom. The summed E-state index contributed by atoms with van der Waals surface area (Å²) in [5.74, 6) is 2.58. The predicted octanol–water partition coefficient (Wildman–Crippen LogP) is 1.25. The number of aromatic nitrogens is 2. The van der Waals surface area contributed by atoms with Gasteiger partial charge in [-0.2, -0.15) is 0 Å². The minimum absolute atomic E-state index is 0.131. The van der Waals surface area contributed by atoms with Crippen molar-refractivity contribution in [3.05, 3.63) is 41.2 Å². The number of anilines is 1. The zero-order valence-corrected chi connectivity index (χ0v) is 17.2. The van der Waals surface area contributed by atoms with Gasteiger partial charge < -0.3 is 25.7 Å². The van der Waals surface area contributed by atoms with Gasteiger partial charge in [0.2, 0.25) is 11.8 Å². The Labute approximate surface area is 170 Å². The van der Waals surface area contributed by atoms with E-state index in [9.17, 15) is 4.79 Å². The summed E-state index contributed by atoms with van der Waals surface area (Å²) in [6.45, 7) is 6.28. The zero-order valence-electron chi connectivity index (χ0n) is 17.2. The number of oxazole rings is 1. The fraction of sp³-hybridized carbons (Fsp3) is 0.500. The summed E-state index contributed by atoms with van der Waals surface area (Å²) in [5, 5.41) is 6.51. The fourth-order valence-corrected chi connectivity index (χ4v) is 3.43. The maximum Gasteiger partial charge on any atom is 0.222 e. The first-order chi connectivity index (χ1) is 14.0. The second kappa shape index (κ2) is 9.40. The molecule has 0 spiro atoms. The van der Waals surface area contributed by atoms with Crippen molar-refractivity contribution < 1.29 is 9.21 Å². The molecule has 9 heteroatoms. The van der Waals surface area contributed by atoms with Crippen LogP contribution < -0.4 is 21.3 Å². The lowest BCUT2D eigenvalue weighted by atomic mass is 9.97. The summed E-state index contributed by atoms with van der Waals surface area (Å²) in [5.41, 5.74) is 7.44. The second-order valence-electron chi connectivity index (χ2n) is 7.20. The minimum Gasteiger partial charge on any atom is -0.444 e. The van der Waals surface area contributed by atoms with Crippen molar-refractivity contribution in [1.82, 2.24) is 20.6 Å². The van der Waals surface area contributed by atoms with Crippen molar-refractivity contribution in [2.75, 3.05) is 25.0 Å². The number of nitrogens with zero attached hydrogens (tertiary/aromatic N) is 4. The van der Waals surface area contributed by atoms with Gasteiger partial charge in [0.1, 0.15) is 11.6 Å². The molecule has 2 aromatic rings. The number of hydrogen-bond acceptors (Lipinski definition) is 6. The molecule has 4 N–H and O–H groups in total. The molecule has 0 bridgehead atoms. The number of carbonyl (C=O) groups excluding carboxylic acids is 1. The van der Waals surface area contributed by atoms with Crippen LogP contribution in [0.15, 0.2) is 27.7 Å². The Balaban J connectivity index is 1.61. The maximum absolute atomic E-state index is 11.6. The average molecular weight is 399 g/mol. The molecule has 1 atom stereocenters. The van der Waals surface area contributed by atoms with Gasteiger partial charge in [0.15, 0.2) is 5.96 Å². The van der Waals surface area contributed by atoms with Gasteiger partial charge in [0.25, 0.3) is 0 Å². The summed E-state index contributed by atoms with van der Waals surface area (Å²) in [6.07, 6.45) is 3.53. The zero-order chi connectivity index (χ0) is 20.8. The third-order valence-electron chi connectivity index (χ3n) is 5.14. The first kappa shape index (κ1) is 20.6. The SMILES string of the molecule is CN=C(NCc1nc(C)c(C)o1)NCc1cccnc1N1CCCC(C(N)=O)C1. The highest BCUT2D eigenvalue weighted by Crippen LogP contribution is 2.24. The standard InChI is InChI=1S/C20H29N7O2/c1-13-14(2)29-17(26-13)11-25-20(22-3)24-10-15-6-4-8-23-19(15)27-9-5-7-16(12-27)18(21)28/h4,6,8,16H,5,7,9-12H2,1-3H3,(H2,21,28)(H2,22,24,25). The van der Waals surface area contributed by atoms with Crippen LogP contribution in [0.2, 0.25) is 0 Å².